The fourth-order valence-corrected chi connectivity index (χ4v) is 1.90. The highest BCUT2D eigenvalue weighted by atomic mass is 35.5. The van der Waals surface area contributed by atoms with E-state index in [0.29, 0.717) is 5.92 Å². The molecule has 15 heavy (non-hydrogen) atoms. The predicted molar refractivity (Wildman–Crippen MR) is 64.8 cm³/mol. The Labute approximate surface area is 101 Å². The highest BCUT2D eigenvalue weighted by molar-refractivity contribution is 6.30. The van der Waals surface area contributed by atoms with Crippen molar-refractivity contribution in [3.63, 3.8) is 0 Å². The molecule has 1 aliphatic heterocycles. The highest BCUT2D eigenvalue weighted by Crippen LogP contribution is 2.28. The molecular weight excluding hydrogens is 233 g/mol. The van der Waals surface area contributed by atoms with Crippen molar-refractivity contribution in [3.8, 4) is 0 Å². The maximum Gasteiger partial charge on any atom is 0.0873 e. The second-order valence-electron chi connectivity index (χ2n) is 3.63. The van der Waals surface area contributed by atoms with E-state index in [0.717, 1.165) is 18.1 Å². The number of methoxy groups -OCH3 is 1. The maximum absolute atomic E-state index is 5.83. The van der Waals surface area contributed by atoms with Gasteiger partial charge in [0.2, 0.25) is 0 Å². The number of rotatable bonds is 3. The first kappa shape index (κ1) is 12.8. The van der Waals surface area contributed by atoms with Crippen molar-refractivity contribution in [2.24, 2.45) is 5.92 Å². The fourth-order valence-electron chi connectivity index (χ4n) is 1.78. The monoisotopic (exact) mass is 247 g/mol. The molecule has 0 radical (unpaired) electrons. The standard InChI is InChI=1S/C11H14ClNO.ClH/c1-14-11(9-6-13-7-9)8-2-4-10(12)5-3-8;/h2-5,9,11,13H,6-7H2,1H3;1H/t11-;/m1./s1. The fraction of sp³-hybridized carbons (Fsp3) is 0.455. The van der Waals surface area contributed by atoms with Crippen molar-refractivity contribution in [3.05, 3.63) is 34.9 Å². The van der Waals surface area contributed by atoms with Crippen LogP contribution in [0, 0.1) is 5.92 Å². The number of halogens is 2. The normalized spacial score (nSPS) is 17.7. The molecule has 1 aliphatic rings. The number of nitrogens with one attached hydrogen (secondary N) is 1. The van der Waals surface area contributed by atoms with Gasteiger partial charge in [-0.05, 0) is 17.7 Å². The van der Waals surface area contributed by atoms with Crippen LogP contribution in [-0.2, 0) is 4.74 Å². The van der Waals surface area contributed by atoms with Crippen molar-refractivity contribution in [1.29, 1.82) is 0 Å². The Bertz CT molecular complexity index is 298. The Balaban J connectivity index is 0.00000112. The Morgan fingerprint density at radius 1 is 1.33 bits per heavy atom. The van der Waals surface area contributed by atoms with Gasteiger partial charge in [-0.2, -0.15) is 0 Å². The van der Waals surface area contributed by atoms with Crippen LogP contribution in [0.3, 0.4) is 0 Å². The summed E-state index contributed by atoms with van der Waals surface area (Å²) in [6.45, 7) is 2.09. The number of hydrogen-bond donors (Lipinski definition) is 1. The molecule has 0 aliphatic carbocycles. The quantitative estimate of drug-likeness (QED) is 0.887. The van der Waals surface area contributed by atoms with Gasteiger partial charge in [-0.3, -0.25) is 0 Å². The summed E-state index contributed by atoms with van der Waals surface area (Å²) in [5.74, 6) is 0.598. The molecule has 0 unspecified atom stereocenters. The third kappa shape index (κ3) is 2.85. The topological polar surface area (TPSA) is 21.3 Å². The zero-order chi connectivity index (χ0) is 9.97. The van der Waals surface area contributed by atoms with E-state index in [9.17, 15) is 0 Å². The van der Waals surface area contributed by atoms with Crippen LogP contribution in [0.4, 0.5) is 0 Å². The Hall–Kier alpha value is -0.280. The predicted octanol–water partition coefficient (Wildman–Crippen LogP) is 2.67. The Morgan fingerprint density at radius 3 is 2.33 bits per heavy atom. The van der Waals surface area contributed by atoms with Crippen LogP contribution in [0.15, 0.2) is 24.3 Å². The molecule has 0 spiro atoms. The van der Waals surface area contributed by atoms with E-state index in [-0.39, 0.29) is 18.5 Å². The van der Waals surface area contributed by atoms with Crippen LogP contribution >= 0.6 is 24.0 Å². The third-order valence-electron chi connectivity index (χ3n) is 2.69. The lowest BCUT2D eigenvalue weighted by Crippen LogP contribution is -2.45. The van der Waals surface area contributed by atoms with Gasteiger partial charge in [-0.1, -0.05) is 23.7 Å². The summed E-state index contributed by atoms with van der Waals surface area (Å²) in [4.78, 5) is 0. The van der Waals surface area contributed by atoms with Gasteiger partial charge in [0.05, 0.1) is 6.10 Å². The first-order valence-electron chi connectivity index (χ1n) is 4.80. The minimum absolute atomic E-state index is 0. The summed E-state index contributed by atoms with van der Waals surface area (Å²) in [5.41, 5.74) is 1.21. The smallest absolute Gasteiger partial charge is 0.0873 e. The number of hydrogen-bond acceptors (Lipinski definition) is 2. The molecule has 4 heteroatoms. The van der Waals surface area contributed by atoms with E-state index in [1.54, 1.807) is 7.11 Å². The summed E-state index contributed by atoms with van der Waals surface area (Å²) >= 11 is 5.83. The van der Waals surface area contributed by atoms with E-state index >= 15 is 0 Å². The van der Waals surface area contributed by atoms with Crippen LogP contribution in [0.1, 0.15) is 11.7 Å². The first-order chi connectivity index (χ1) is 6.81. The molecule has 1 aromatic carbocycles. The molecule has 0 saturated carbocycles. The molecule has 1 heterocycles. The average molecular weight is 248 g/mol. The van der Waals surface area contributed by atoms with Gasteiger partial charge in [-0.15, -0.1) is 12.4 Å². The minimum Gasteiger partial charge on any atom is -0.376 e. The van der Waals surface area contributed by atoms with Gasteiger partial charge in [0, 0.05) is 31.1 Å². The lowest BCUT2D eigenvalue weighted by atomic mass is 9.91. The van der Waals surface area contributed by atoms with Crippen LogP contribution in [0.25, 0.3) is 0 Å². The summed E-state index contributed by atoms with van der Waals surface area (Å²) in [6, 6.07) is 7.90. The van der Waals surface area contributed by atoms with E-state index in [2.05, 4.69) is 5.32 Å². The molecule has 1 fully saturated rings. The first-order valence-corrected chi connectivity index (χ1v) is 5.18. The summed E-state index contributed by atoms with van der Waals surface area (Å²) in [7, 11) is 1.76. The van der Waals surface area contributed by atoms with E-state index < -0.39 is 0 Å². The lowest BCUT2D eigenvalue weighted by molar-refractivity contribution is 0.0292. The van der Waals surface area contributed by atoms with Crippen LogP contribution in [0.2, 0.25) is 5.02 Å². The maximum atomic E-state index is 5.83. The van der Waals surface area contributed by atoms with Crippen molar-refractivity contribution >= 4 is 24.0 Å². The zero-order valence-corrected chi connectivity index (χ0v) is 10.1. The van der Waals surface area contributed by atoms with E-state index in [1.165, 1.54) is 5.56 Å². The zero-order valence-electron chi connectivity index (χ0n) is 8.57. The van der Waals surface area contributed by atoms with Crippen molar-refractivity contribution in [2.45, 2.75) is 6.10 Å². The van der Waals surface area contributed by atoms with Crippen LogP contribution in [0.5, 0.6) is 0 Å². The van der Waals surface area contributed by atoms with E-state index in [1.807, 2.05) is 24.3 Å². The SMILES string of the molecule is CO[C@H](c1ccc(Cl)cc1)C1CNC1.Cl. The lowest BCUT2D eigenvalue weighted by Gasteiger charge is -2.34. The van der Waals surface area contributed by atoms with Crippen molar-refractivity contribution in [2.75, 3.05) is 20.2 Å². The molecule has 1 N–H and O–H groups in total. The van der Waals surface area contributed by atoms with Gasteiger partial charge in [-0.25, -0.2) is 0 Å². The van der Waals surface area contributed by atoms with Gasteiger partial charge in [0.25, 0.3) is 0 Å². The molecule has 2 nitrogen and oxygen atoms in total. The minimum atomic E-state index is 0. The molecular formula is C11H15Cl2NO. The molecule has 0 aromatic heterocycles. The summed E-state index contributed by atoms with van der Waals surface area (Å²) in [6.07, 6.45) is 0.202. The van der Waals surface area contributed by atoms with Gasteiger partial charge < -0.3 is 10.1 Å². The third-order valence-corrected chi connectivity index (χ3v) is 2.95. The molecule has 84 valence electrons. The number of benzene rings is 1. The van der Waals surface area contributed by atoms with E-state index in [4.69, 9.17) is 16.3 Å². The molecule has 0 amide bonds. The largest absolute Gasteiger partial charge is 0.376 e. The van der Waals surface area contributed by atoms with Gasteiger partial charge in [0.1, 0.15) is 0 Å². The van der Waals surface area contributed by atoms with Crippen LogP contribution < -0.4 is 5.32 Å². The molecule has 0 bridgehead atoms. The molecule has 1 atom stereocenters. The molecule has 2 rings (SSSR count). The average Bonchev–Trinajstić information content (AvgIpc) is 2.13. The van der Waals surface area contributed by atoms with Crippen molar-refractivity contribution in [1.82, 2.24) is 5.32 Å². The highest BCUT2D eigenvalue weighted by Gasteiger charge is 2.27. The number of ether oxygens (including phenoxy) is 1. The van der Waals surface area contributed by atoms with Gasteiger partial charge >= 0.3 is 0 Å². The second kappa shape index (κ2) is 5.71. The van der Waals surface area contributed by atoms with Gasteiger partial charge in [0.15, 0.2) is 0 Å². The molecule has 1 aromatic rings. The van der Waals surface area contributed by atoms with Crippen LogP contribution in [-0.4, -0.2) is 20.2 Å². The Morgan fingerprint density at radius 2 is 1.93 bits per heavy atom. The second-order valence-corrected chi connectivity index (χ2v) is 4.06. The Kier molecular flexibility index (Phi) is 4.87. The summed E-state index contributed by atoms with van der Waals surface area (Å²) < 4.78 is 5.50. The van der Waals surface area contributed by atoms with Crippen molar-refractivity contribution < 1.29 is 4.74 Å². The summed E-state index contributed by atoms with van der Waals surface area (Å²) in [5, 5.41) is 4.02. The molecule has 1 saturated heterocycles.